The van der Waals surface area contributed by atoms with Crippen LogP contribution in [0.25, 0.3) is 11.3 Å². The Morgan fingerprint density at radius 3 is 2.62 bits per heavy atom. The maximum absolute atomic E-state index is 5.17. The van der Waals surface area contributed by atoms with Crippen molar-refractivity contribution in [3.63, 3.8) is 0 Å². The predicted molar refractivity (Wildman–Crippen MR) is 65.2 cm³/mol. The number of hydrogen-bond donors (Lipinski definition) is 0. The molecule has 3 rings (SSSR count). The molecule has 1 aromatic heterocycles. The summed E-state index contributed by atoms with van der Waals surface area (Å²) in [6.07, 6.45) is 2.02. The maximum atomic E-state index is 5.17. The van der Waals surface area contributed by atoms with Crippen molar-refractivity contribution in [2.45, 2.75) is 6.04 Å². The van der Waals surface area contributed by atoms with Crippen molar-refractivity contribution in [2.24, 2.45) is 0 Å². The van der Waals surface area contributed by atoms with Gasteiger partial charge in [0.15, 0.2) is 0 Å². The van der Waals surface area contributed by atoms with E-state index in [4.69, 9.17) is 4.74 Å². The van der Waals surface area contributed by atoms with Crippen LogP contribution < -0.4 is 0 Å². The Hall–Kier alpha value is -1.13. The van der Waals surface area contributed by atoms with Crippen LogP contribution in [0, 0.1) is 0 Å². The lowest BCUT2D eigenvalue weighted by Crippen LogP contribution is -2.30. The van der Waals surface area contributed by atoms with Gasteiger partial charge in [0.25, 0.3) is 0 Å². The van der Waals surface area contributed by atoms with Crippen molar-refractivity contribution in [2.75, 3.05) is 13.2 Å². The summed E-state index contributed by atoms with van der Waals surface area (Å²) in [4.78, 5) is 0. The predicted octanol–water partition coefficient (Wildman–Crippen LogP) is 2.88. The average molecular weight is 279 g/mol. The molecular weight excluding hydrogens is 268 g/mol. The first-order chi connectivity index (χ1) is 7.84. The van der Waals surface area contributed by atoms with Gasteiger partial charge < -0.3 is 4.74 Å². The summed E-state index contributed by atoms with van der Waals surface area (Å²) in [6.45, 7) is 1.53. The van der Waals surface area contributed by atoms with Gasteiger partial charge in [-0.15, -0.1) is 0 Å². The third-order valence-electron chi connectivity index (χ3n) is 2.73. The Bertz CT molecular complexity index is 491. The van der Waals surface area contributed by atoms with Crippen molar-refractivity contribution < 1.29 is 4.74 Å². The summed E-state index contributed by atoms with van der Waals surface area (Å²) in [6, 6.07) is 10.6. The van der Waals surface area contributed by atoms with Gasteiger partial charge in [-0.25, -0.2) is 0 Å². The van der Waals surface area contributed by atoms with E-state index in [0.29, 0.717) is 6.04 Å². The van der Waals surface area contributed by atoms with E-state index in [9.17, 15) is 0 Å². The first-order valence-corrected chi connectivity index (χ1v) is 6.02. The number of benzene rings is 1. The second-order valence-electron chi connectivity index (χ2n) is 3.86. The number of halogens is 1. The van der Waals surface area contributed by atoms with Crippen molar-refractivity contribution in [3.05, 3.63) is 41.0 Å². The van der Waals surface area contributed by atoms with Gasteiger partial charge in [-0.05, 0) is 15.9 Å². The quantitative estimate of drug-likeness (QED) is 0.845. The minimum Gasteiger partial charge on any atom is -0.377 e. The highest BCUT2D eigenvalue weighted by Gasteiger charge is 2.22. The standard InChI is InChI=1S/C12H11BrN2O/c13-11-6-15(10-7-16-8-10)14-12(11)9-4-2-1-3-5-9/h1-6,10H,7-8H2. The van der Waals surface area contributed by atoms with Crippen LogP contribution >= 0.6 is 15.9 Å². The van der Waals surface area contributed by atoms with E-state index in [1.165, 1.54) is 0 Å². The Balaban J connectivity index is 1.98. The highest BCUT2D eigenvalue weighted by atomic mass is 79.9. The lowest BCUT2D eigenvalue weighted by Gasteiger charge is -2.25. The third kappa shape index (κ3) is 1.68. The summed E-state index contributed by atoms with van der Waals surface area (Å²) >= 11 is 3.55. The van der Waals surface area contributed by atoms with Gasteiger partial charge in [-0.2, -0.15) is 5.10 Å². The topological polar surface area (TPSA) is 27.1 Å². The summed E-state index contributed by atoms with van der Waals surface area (Å²) in [5.74, 6) is 0. The zero-order valence-corrected chi connectivity index (χ0v) is 10.2. The molecule has 0 spiro atoms. The second-order valence-corrected chi connectivity index (χ2v) is 4.72. The van der Waals surface area contributed by atoms with Crippen molar-refractivity contribution >= 4 is 15.9 Å². The highest BCUT2D eigenvalue weighted by Crippen LogP contribution is 2.29. The Morgan fingerprint density at radius 1 is 1.25 bits per heavy atom. The van der Waals surface area contributed by atoms with Gasteiger partial charge in [-0.3, -0.25) is 4.68 Å². The third-order valence-corrected chi connectivity index (χ3v) is 3.31. The Morgan fingerprint density at radius 2 is 2.00 bits per heavy atom. The number of ether oxygens (including phenoxy) is 1. The molecule has 0 amide bonds. The second kappa shape index (κ2) is 4.03. The van der Waals surface area contributed by atoms with E-state index < -0.39 is 0 Å². The van der Waals surface area contributed by atoms with Crippen LogP contribution in [0.4, 0.5) is 0 Å². The molecule has 1 aromatic carbocycles. The molecular formula is C12H11BrN2O. The Kier molecular flexibility index (Phi) is 2.53. The molecule has 2 aromatic rings. The summed E-state index contributed by atoms with van der Waals surface area (Å²) in [5.41, 5.74) is 2.13. The fraction of sp³-hybridized carbons (Fsp3) is 0.250. The van der Waals surface area contributed by atoms with Crippen LogP contribution in [-0.2, 0) is 4.74 Å². The Labute approximate surface area is 102 Å². The van der Waals surface area contributed by atoms with E-state index in [2.05, 4.69) is 33.2 Å². The zero-order chi connectivity index (χ0) is 11.0. The molecule has 0 unspecified atom stereocenters. The minimum absolute atomic E-state index is 0.397. The molecule has 0 N–H and O–H groups in total. The SMILES string of the molecule is Brc1cn(C2COC2)nc1-c1ccccc1. The van der Waals surface area contributed by atoms with Gasteiger partial charge in [0, 0.05) is 11.8 Å². The van der Waals surface area contributed by atoms with Crippen molar-refractivity contribution in [1.29, 1.82) is 0 Å². The van der Waals surface area contributed by atoms with Crippen LogP contribution in [0.2, 0.25) is 0 Å². The normalized spacial score (nSPS) is 16.1. The molecule has 0 radical (unpaired) electrons. The number of hydrogen-bond acceptors (Lipinski definition) is 2. The van der Waals surface area contributed by atoms with Gasteiger partial charge in [-0.1, -0.05) is 30.3 Å². The van der Waals surface area contributed by atoms with Gasteiger partial charge in [0.1, 0.15) is 5.69 Å². The van der Waals surface area contributed by atoms with Gasteiger partial charge in [0.2, 0.25) is 0 Å². The fourth-order valence-electron chi connectivity index (χ4n) is 1.72. The van der Waals surface area contributed by atoms with Crippen LogP contribution in [0.3, 0.4) is 0 Å². The minimum atomic E-state index is 0.397. The molecule has 0 saturated carbocycles. The summed E-state index contributed by atoms with van der Waals surface area (Å²) < 4.78 is 8.18. The molecule has 0 atom stereocenters. The van der Waals surface area contributed by atoms with Crippen LogP contribution in [0.1, 0.15) is 6.04 Å². The van der Waals surface area contributed by atoms with E-state index in [1.807, 2.05) is 29.1 Å². The lowest BCUT2D eigenvalue weighted by molar-refractivity contribution is -0.0285. The molecule has 0 bridgehead atoms. The number of rotatable bonds is 2. The van der Waals surface area contributed by atoms with Crippen LogP contribution in [0.15, 0.2) is 41.0 Å². The van der Waals surface area contributed by atoms with E-state index in [1.54, 1.807) is 0 Å². The van der Waals surface area contributed by atoms with Crippen molar-refractivity contribution in [3.8, 4) is 11.3 Å². The lowest BCUT2D eigenvalue weighted by atomic mass is 10.2. The van der Waals surface area contributed by atoms with Gasteiger partial charge >= 0.3 is 0 Å². The molecule has 16 heavy (non-hydrogen) atoms. The van der Waals surface area contributed by atoms with Crippen LogP contribution in [-0.4, -0.2) is 23.0 Å². The molecule has 0 aliphatic carbocycles. The average Bonchev–Trinajstić information content (AvgIpc) is 2.59. The monoisotopic (exact) mass is 278 g/mol. The smallest absolute Gasteiger partial charge is 0.106 e. The fourth-order valence-corrected chi connectivity index (χ4v) is 2.24. The molecule has 3 nitrogen and oxygen atoms in total. The maximum Gasteiger partial charge on any atom is 0.106 e. The highest BCUT2D eigenvalue weighted by molar-refractivity contribution is 9.10. The zero-order valence-electron chi connectivity index (χ0n) is 8.64. The molecule has 1 aliphatic heterocycles. The molecule has 1 fully saturated rings. The number of nitrogens with zero attached hydrogens (tertiary/aromatic N) is 2. The summed E-state index contributed by atoms with van der Waals surface area (Å²) in [7, 11) is 0. The first kappa shape index (κ1) is 10.1. The number of aromatic nitrogens is 2. The van der Waals surface area contributed by atoms with E-state index >= 15 is 0 Å². The van der Waals surface area contributed by atoms with Gasteiger partial charge in [0.05, 0.1) is 23.7 Å². The van der Waals surface area contributed by atoms with E-state index in [0.717, 1.165) is 28.9 Å². The summed E-state index contributed by atoms with van der Waals surface area (Å²) in [5, 5.41) is 4.59. The van der Waals surface area contributed by atoms with Crippen molar-refractivity contribution in [1.82, 2.24) is 9.78 Å². The molecule has 82 valence electrons. The molecule has 4 heteroatoms. The molecule has 1 aliphatic rings. The first-order valence-electron chi connectivity index (χ1n) is 5.22. The molecule has 2 heterocycles. The van der Waals surface area contributed by atoms with Crippen LogP contribution in [0.5, 0.6) is 0 Å². The van der Waals surface area contributed by atoms with E-state index in [-0.39, 0.29) is 0 Å². The largest absolute Gasteiger partial charge is 0.377 e. The molecule has 1 saturated heterocycles.